The summed E-state index contributed by atoms with van der Waals surface area (Å²) in [4.78, 5) is -0.817. The van der Waals surface area contributed by atoms with E-state index in [0.29, 0.717) is 0 Å². The fourth-order valence-electron chi connectivity index (χ4n) is 1.07. The molecule has 0 aromatic heterocycles. The van der Waals surface area contributed by atoms with E-state index in [1.165, 1.54) is 11.8 Å². The van der Waals surface area contributed by atoms with Gasteiger partial charge < -0.3 is 5.11 Å². The number of nitriles is 1. The van der Waals surface area contributed by atoms with Crippen molar-refractivity contribution in [3.8, 4) is 5.40 Å². The van der Waals surface area contributed by atoms with Crippen molar-refractivity contribution in [1.29, 1.82) is 5.26 Å². The van der Waals surface area contributed by atoms with Crippen molar-refractivity contribution in [1.82, 2.24) is 0 Å². The van der Waals surface area contributed by atoms with E-state index in [1.807, 2.05) is 17.6 Å². The zero-order valence-electron chi connectivity index (χ0n) is 5.52. The molecule has 0 amide bonds. The number of aliphatic hydroxyl groups is 1. The summed E-state index contributed by atoms with van der Waals surface area (Å²) in [6.07, 6.45) is 7.25. The van der Waals surface area contributed by atoms with Gasteiger partial charge in [0, 0.05) is 0 Å². The van der Waals surface area contributed by atoms with Crippen LogP contribution in [0.15, 0.2) is 24.3 Å². The summed E-state index contributed by atoms with van der Waals surface area (Å²) in [6, 6.07) is 0. The first kappa shape index (κ1) is 7.29. The Morgan fingerprint density at radius 1 is 1.45 bits per heavy atom. The predicted octanol–water partition coefficient (Wildman–Crippen LogP) is 1.46. The lowest BCUT2D eigenvalue weighted by molar-refractivity contribution is 0.222. The van der Waals surface area contributed by atoms with Crippen molar-refractivity contribution in [2.45, 2.75) is 9.01 Å². The summed E-state index contributed by atoms with van der Waals surface area (Å²) in [7, 11) is 0. The number of thiocyanates is 1. The summed E-state index contributed by atoms with van der Waals surface area (Å²) in [6.45, 7) is 0. The lowest BCUT2D eigenvalue weighted by Crippen LogP contribution is -2.19. The van der Waals surface area contributed by atoms with Crippen LogP contribution in [0, 0.1) is 10.7 Å². The van der Waals surface area contributed by atoms with Crippen LogP contribution in [0.1, 0.15) is 0 Å². The maximum Gasteiger partial charge on any atom is 0.159 e. The Balaban J connectivity index is 2.28. The molecule has 1 heterocycles. The van der Waals surface area contributed by atoms with Crippen LogP contribution in [0.5, 0.6) is 0 Å². The van der Waals surface area contributed by atoms with Crippen molar-refractivity contribution in [2.75, 3.05) is 0 Å². The molecule has 4 heteroatoms. The number of hydrogen-bond acceptors (Lipinski definition) is 4. The molecule has 1 saturated heterocycles. The Morgan fingerprint density at radius 2 is 2.18 bits per heavy atom. The predicted molar refractivity (Wildman–Crippen MR) is 46.8 cm³/mol. The van der Waals surface area contributed by atoms with Gasteiger partial charge in [-0.05, 0) is 17.8 Å². The number of fused-ring (bicyclic) bond motifs is 1. The van der Waals surface area contributed by atoms with Crippen LogP contribution >= 0.6 is 23.5 Å². The highest BCUT2D eigenvalue weighted by Gasteiger charge is 2.67. The van der Waals surface area contributed by atoms with Gasteiger partial charge in [0.25, 0.3) is 0 Å². The molecule has 56 valence electrons. The molecule has 0 radical (unpaired) electrons. The van der Waals surface area contributed by atoms with Crippen LogP contribution in [0.25, 0.3) is 0 Å². The molecule has 2 rings (SSSR count). The van der Waals surface area contributed by atoms with Crippen LogP contribution in [-0.4, -0.2) is 14.1 Å². The smallest absolute Gasteiger partial charge is 0.159 e. The Labute approximate surface area is 73.0 Å². The monoisotopic (exact) mass is 183 g/mol. The summed E-state index contributed by atoms with van der Waals surface area (Å²) in [5.74, 6) is 0. The Kier molecular flexibility index (Phi) is 1.37. The van der Waals surface area contributed by atoms with E-state index in [4.69, 9.17) is 5.26 Å². The van der Waals surface area contributed by atoms with Crippen molar-refractivity contribution in [2.24, 2.45) is 0 Å². The van der Waals surface area contributed by atoms with Gasteiger partial charge >= 0.3 is 0 Å². The Morgan fingerprint density at radius 3 is 2.82 bits per heavy atom. The molecule has 1 aliphatic carbocycles. The van der Waals surface area contributed by atoms with Gasteiger partial charge in [-0.25, -0.2) is 0 Å². The van der Waals surface area contributed by atoms with Crippen molar-refractivity contribution < 1.29 is 5.11 Å². The molecule has 0 saturated carbocycles. The second-order valence-electron chi connectivity index (χ2n) is 2.38. The minimum absolute atomic E-state index is 0.406. The molecule has 1 fully saturated rings. The van der Waals surface area contributed by atoms with E-state index in [9.17, 15) is 5.11 Å². The fourth-order valence-corrected chi connectivity index (χ4v) is 3.19. The largest absolute Gasteiger partial charge is 0.373 e. The van der Waals surface area contributed by atoms with Crippen LogP contribution in [0.2, 0.25) is 0 Å². The maximum absolute atomic E-state index is 9.68. The quantitative estimate of drug-likeness (QED) is 0.493. The molecular weight excluding hydrogens is 178 g/mol. The zero-order valence-corrected chi connectivity index (χ0v) is 7.15. The molecule has 1 aliphatic heterocycles. The van der Waals surface area contributed by atoms with Crippen LogP contribution in [-0.2, 0) is 0 Å². The number of thioether (sulfide) groups is 2. The van der Waals surface area contributed by atoms with Crippen LogP contribution < -0.4 is 0 Å². The van der Waals surface area contributed by atoms with Crippen molar-refractivity contribution in [3.05, 3.63) is 24.3 Å². The van der Waals surface area contributed by atoms with E-state index in [2.05, 4.69) is 0 Å². The molecule has 0 bridgehead atoms. The molecule has 0 aromatic rings. The van der Waals surface area contributed by atoms with Gasteiger partial charge in [-0.1, -0.05) is 30.0 Å². The molecule has 2 aliphatic rings. The molecule has 0 spiro atoms. The molecular formula is C7H5NOS2. The third-order valence-electron chi connectivity index (χ3n) is 1.71. The normalized spacial score (nSPS) is 44.7. The van der Waals surface area contributed by atoms with E-state index in [1.54, 1.807) is 12.2 Å². The topological polar surface area (TPSA) is 44.0 Å². The summed E-state index contributed by atoms with van der Waals surface area (Å²) in [5, 5.41) is 20.1. The van der Waals surface area contributed by atoms with E-state index >= 15 is 0 Å². The average molecular weight is 183 g/mol. The lowest BCUT2D eigenvalue weighted by Gasteiger charge is -2.09. The molecule has 11 heavy (non-hydrogen) atoms. The Hall–Kier alpha value is -0.370. The van der Waals surface area contributed by atoms with E-state index in [-0.39, 0.29) is 0 Å². The first-order valence-electron chi connectivity index (χ1n) is 3.09. The lowest BCUT2D eigenvalue weighted by atomic mass is 10.1. The number of hydrogen-bond donors (Lipinski definition) is 1. The van der Waals surface area contributed by atoms with E-state index in [0.717, 1.165) is 11.8 Å². The molecule has 0 aromatic carbocycles. The Bertz CT molecular complexity index is 293. The second kappa shape index (κ2) is 2.07. The van der Waals surface area contributed by atoms with E-state index < -0.39 is 9.01 Å². The maximum atomic E-state index is 9.68. The first-order chi connectivity index (χ1) is 5.22. The first-order valence-corrected chi connectivity index (χ1v) is 4.72. The third kappa shape index (κ3) is 0.853. The second-order valence-corrected chi connectivity index (χ2v) is 5.14. The van der Waals surface area contributed by atoms with Gasteiger partial charge in [-0.2, -0.15) is 5.26 Å². The molecule has 2 nitrogen and oxygen atoms in total. The zero-order chi connectivity index (χ0) is 7.95. The number of allylic oxidation sites excluding steroid dienone is 2. The SMILES string of the molecule is N#CSC12C=CC=CC1(O)S2. The minimum atomic E-state index is -0.817. The highest BCUT2D eigenvalue weighted by molar-refractivity contribution is 8.27. The van der Waals surface area contributed by atoms with Gasteiger partial charge in [0.15, 0.2) is 4.93 Å². The average Bonchev–Trinajstić information content (AvgIpc) is 2.56. The summed E-state index contributed by atoms with van der Waals surface area (Å²) < 4.78 is -0.406. The van der Waals surface area contributed by atoms with Crippen molar-refractivity contribution >= 4 is 23.5 Å². The van der Waals surface area contributed by atoms with Gasteiger partial charge in [0.2, 0.25) is 0 Å². The minimum Gasteiger partial charge on any atom is -0.373 e. The third-order valence-corrected chi connectivity index (χ3v) is 4.50. The summed E-state index contributed by atoms with van der Waals surface area (Å²) >= 11 is 2.50. The number of nitrogens with zero attached hydrogens (tertiary/aromatic N) is 1. The summed E-state index contributed by atoms with van der Waals surface area (Å²) in [5.41, 5.74) is 0. The van der Waals surface area contributed by atoms with Gasteiger partial charge in [-0.15, -0.1) is 0 Å². The van der Waals surface area contributed by atoms with Crippen LogP contribution in [0.4, 0.5) is 0 Å². The highest BCUT2D eigenvalue weighted by atomic mass is 32.2. The molecule has 1 N–H and O–H groups in total. The van der Waals surface area contributed by atoms with Gasteiger partial charge in [0.1, 0.15) is 9.48 Å². The molecule has 2 atom stereocenters. The fraction of sp³-hybridized carbons (Fsp3) is 0.286. The molecule has 2 unspecified atom stereocenters. The standard InChI is InChI=1S/C7H5NOS2/c8-5-10-7-4-2-1-3-6(7,9)11-7/h1-4,9H. The van der Waals surface area contributed by atoms with Gasteiger partial charge in [0.05, 0.1) is 0 Å². The number of rotatable bonds is 1. The van der Waals surface area contributed by atoms with Gasteiger partial charge in [-0.3, -0.25) is 0 Å². The van der Waals surface area contributed by atoms with Crippen LogP contribution in [0.3, 0.4) is 0 Å². The van der Waals surface area contributed by atoms with Crippen molar-refractivity contribution in [3.63, 3.8) is 0 Å². The highest BCUT2D eigenvalue weighted by Crippen LogP contribution is 2.70.